The van der Waals surface area contributed by atoms with Crippen LogP contribution in [0.3, 0.4) is 0 Å². The minimum absolute atomic E-state index is 0.255. The highest BCUT2D eigenvalue weighted by Gasteiger charge is 2.29. The first kappa shape index (κ1) is 15.2. The SMILES string of the molecule is CCCNC(c1nccn1CC)C(C)S(C)(=O)=O. The lowest BCUT2D eigenvalue weighted by Crippen LogP contribution is -2.37. The molecule has 0 saturated heterocycles. The number of hydrogen-bond donors (Lipinski definition) is 1. The van der Waals surface area contributed by atoms with E-state index in [9.17, 15) is 8.42 Å². The van der Waals surface area contributed by atoms with Gasteiger partial charge >= 0.3 is 0 Å². The number of nitrogens with zero attached hydrogens (tertiary/aromatic N) is 2. The monoisotopic (exact) mass is 273 g/mol. The molecule has 1 aromatic rings. The smallest absolute Gasteiger partial charge is 0.152 e. The first-order valence-electron chi connectivity index (χ1n) is 6.35. The Morgan fingerprint density at radius 1 is 1.44 bits per heavy atom. The van der Waals surface area contributed by atoms with Crippen LogP contribution in [0.15, 0.2) is 12.4 Å². The lowest BCUT2D eigenvalue weighted by atomic mass is 10.2. The van der Waals surface area contributed by atoms with Crippen molar-refractivity contribution in [1.29, 1.82) is 0 Å². The topological polar surface area (TPSA) is 64.0 Å². The lowest BCUT2D eigenvalue weighted by Gasteiger charge is -2.24. The average molecular weight is 273 g/mol. The summed E-state index contributed by atoms with van der Waals surface area (Å²) in [6.45, 7) is 7.38. The zero-order valence-corrected chi connectivity index (χ0v) is 12.4. The van der Waals surface area contributed by atoms with Crippen LogP contribution < -0.4 is 5.32 Å². The molecule has 0 aliphatic heterocycles. The minimum Gasteiger partial charge on any atom is -0.334 e. The third-order valence-corrected chi connectivity index (χ3v) is 4.75. The molecule has 104 valence electrons. The number of nitrogens with one attached hydrogen (secondary N) is 1. The van der Waals surface area contributed by atoms with Gasteiger partial charge in [-0.3, -0.25) is 0 Å². The number of imidazole rings is 1. The van der Waals surface area contributed by atoms with Crippen LogP contribution in [-0.2, 0) is 16.4 Å². The number of rotatable bonds is 7. The molecular weight excluding hydrogens is 250 g/mol. The van der Waals surface area contributed by atoms with Gasteiger partial charge in [0.25, 0.3) is 0 Å². The number of aryl methyl sites for hydroxylation is 1. The highest BCUT2D eigenvalue weighted by Crippen LogP contribution is 2.20. The molecule has 0 bridgehead atoms. The lowest BCUT2D eigenvalue weighted by molar-refractivity contribution is 0.464. The van der Waals surface area contributed by atoms with Gasteiger partial charge in [-0.15, -0.1) is 0 Å². The van der Waals surface area contributed by atoms with Gasteiger partial charge < -0.3 is 9.88 Å². The largest absolute Gasteiger partial charge is 0.334 e. The second kappa shape index (κ2) is 6.33. The van der Waals surface area contributed by atoms with Gasteiger partial charge in [-0.2, -0.15) is 0 Å². The van der Waals surface area contributed by atoms with Crippen LogP contribution in [0.25, 0.3) is 0 Å². The fraction of sp³-hybridized carbons (Fsp3) is 0.750. The van der Waals surface area contributed by atoms with E-state index in [-0.39, 0.29) is 6.04 Å². The quantitative estimate of drug-likeness (QED) is 0.815. The third-order valence-electron chi connectivity index (χ3n) is 3.13. The van der Waals surface area contributed by atoms with Crippen molar-refractivity contribution in [2.45, 2.75) is 45.0 Å². The van der Waals surface area contributed by atoms with Crippen LogP contribution in [0.5, 0.6) is 0 Å². The molecule has 0 fully saturated rings. The summed E-state index contributed by atoms with van der Waals surface area (Å²) in [4.78, 5) is 4.31. The van der Waals surface area contributed by atoms with Crippen LogP contribution in [0.4, 0.5) is 0 Å². The molecule has 1 rings (SSSR count). The Bertz CT molecular complexity index is 467. The van der Waals surface area contributed by atoms with Gasteiger partial charge in [-0.05, 0) is 26.8 Å². The molecule has 1 aromatic heterocycles. The van der Waals surface area contributed by atoms with Gasteiger partial charge in [0.15, 0.2) is 9.84 Å². The van der Waals surface area contributed by atoms with E-state index in [1.54, 1.807) is 13.1 Å². The third kappa shape index (κ3) is 3.55. The van der Waals surface area contributed by atoms with Crippen molar-refractivity contribution in [3.05, 3.63) is 18.2 Å². The average Bonchev–Trinajstić information content (AvgIpc) is 2.76. The zero-order valence-electron chi connectivity index (χ0n) is 11.5. The van der Waals surface area contributed by atoms with Gasteiger partial charge in [-0.25, -0.2) is 13.4 Å². The zero-order chi connectivity index (χ0) is 13.8. The molecule has 2 unspecified atom stereocenters. The van der Waals surface area contributed by atoms with Crippen molar-refractivity contribution in [3.8, 4) is 0 Å². The van der Waals surface area contributed by atoms with Crippen molar-refractivity contribution in [3.63, 3.8) is 0 Å². The molecule has 0 radical (unpaired) electrons. The van der Waals surface area contributed by atoms with E-state index in [1.807, 2.05) is 17.7 Å². The van der Waals surface area contributed by atoms with Crippen molar-refractivity contribution in [2.75, 3.05) is 12.8 Å². The first-order chi connectivity index (χ1) is 8.41. The Hall–Kier alpha value is -0.880. The molecule has 0 amide bonds. The van der Waals surface area contributed by atoms with E-state index >= 15 is 0 Å². The number of hydrogen-bond acceptors (Lipinski definition) is 4. The Morgan fingerprint density at radius 3 is 2.61 bits per heavy atom. The van der Waals surface area contributed by atoms with Gasteiger partial charge in [0.05, 0.1) is 11.3 Å². The summed E-state index contributed by atoms with van der Waals surface area (Å²) < 4.78 is 25.5. The maximum atomic E-state index is 11.8. The summed E-state index contributed by atoms with van der Waals surface area (Å²) in [5.41, 5.74) is 0. The van der Waals surface area contributed by atoms with Gasteiger partial charge in [0.1, 0.15) is 5.82 Å². The molecule has 18 heavy (non-hydrogen) atoms. The molecule has 0 aliphatic rings. The van der Waals surface area contributed by atoms with Crippen molar-refractivity contribution < 1.29 is 8.42 Å². The van der Waals surface area contributed by atoms with Crippen LogP contribution >= 0.6 is 0 Å². The van der Waals surface area contributed by atoms with Crippen molar-refractivity contribution in [2.24, 2.45) is 0 Å². The van der Waals surface area contributed by atoms with Gasteiger partial charge in [-0.1, -0.05) is 6.92 Å². The standard InChI is InChI=1S/C12H23N3O2S/c1-5-7-13-11(10(3)18(4,16)17)12-14-8-9-15(12)6-2/h8-11,13H,5-7H2,1-4H3. The predicted molar refractivity (Wildman–Crippen MR) is 73.2 cm³/mol. The summed E-state index contributed by atoms with van der Waals surface area (Å²) in [6.07, 6.45) is 5.83. The fourth-order valence-electron chi connectivity index (χ4n) is 1.88. The molecule has 1 heterocycles. The van der Waals surface area contributed by atoms with Crippen molar-refractivity contribution in [1.82, 2.24) is 14.9 Å². The van der Waals surface area contributed by atoms with E-state index in [1.165, 1.54) is 6.26 Å². The second-order valence-corrected chi connectivity index (χ2v) is 6.94. The van der Waals surface area contributed by atoms with Crippen LogP contribution in [-0.4, -0.2) is 36.0 Å². The van der Waals surface area contributed by atoms with Gasteiger partial charge in [0.2, 0.25) is 0 Å². The summed E-state index contributed by atoms with van der Waals surface area (Å²) in [5.74, 6) is 0.795. The van der Waals surface area contributed by atoms with E-state index in [2.05, 4.69) is 17.2 Å². The molecule has 5 nitrogen and oxygen atoms in total. The number of aromatic nitrogens is 2. The Balaban J connectivity index is 3.05. The van der Waals surface area contributed by atoms with Crippen LogP contribution in [0, 0.1) is 0 Å². The van der Waals surface area contributed by atoms with Crippen molar-refractivity contribution >= 4 is 9.84 Å². The van der Waals surface area contributed by atoms with E-state index < -0.39 is 15.1 Å². The molecule has 0 aliphatic carbocycles. The summed E-state index contributed by atoms with van der Waals surface area (Å²) in [6, 6.07) is -0.255. The molecule has 0 spiro atoms. The summed E-state index contributed by atoms with van der Waals surface area (Å²) >= 11 is 0. The fourth-order valence-corrected chi connectivity index (χ4v) is 2.59. The molecule has 1 N–H and O–H groups in total. The van der Waals surface area contributed by atoms with Gasteiger partial charge in [0, 0.05) is 25.2 Å². The summed E-state index contributed by atoms with van der Waals surface area (Å²) in [5, 5.41) is 2.80. The maximum Gasteiger partial charge on any atom is 0.152 e. The van der Waals surface area contributed by atoms with Crippen LogP contribution in [0.1, 0.15) is 39.1 Å². The molecule has 0 aromatic carbocycles. The Morgan fingerprint density at radius 2 is 2.11 bits per heavy atom. The van der Waals surface area contributed by atoms with E-state index in [0.717, 1.165) is 25.3 Å². The molecular formula is C12H23N3O2S. The van der Waals surface area contributed by atoms with Crippen LogP contribution in [0.2, 0.25) is 0 Å². The molecule has 2 atom stereocenters. The highest BCUT2D eigenvalue weighted by molar-refractivity contribution is 7.91. The highest BCUT2D eigenvalue weighted by atomic mass is 32.2. The summed E-state index contributed by atoms with van der Waals surface area (Å²) in [7, 11) is -3.10. The Labute approximate surface area is 110 Å². The maximum absolute atomic E-state index is 11.8. The Kier molecular flexibility index (Phi) is 5.34. The molecule has 0 saturated carbocycles. The van der Waals surface area contributed by atoms with E-state index in [4.69, 9.17) is 0 Å². The van der Waals surface area contributed by atoms with E-state index in [0.29, 0.717) is 0 Å². The normalized spacial score (nSPS) is 15.6. The second-order valence-electron chi connectivity index (χ2n) is 4.54. The predicted octanol–water partition coefficient (Wildman–Crippen LogP) is 1.38. The molecule has 6 heteroatoms. The first-order valence-corrected chi connectivity index (χ1v) is 8.30. The minimum atomic E-state index is -3.10. The number of sulfone groups is 1.